The van der Waals surface area contributed by atoms with Gasteiger partial charge in [0.05, 0.1) is 5.69 Å². The summed E-state index contributed by atoms with van der Waals surface area (Å²) in [7, 11) is 0. The van der Waals surface area contributed by atoms with E-state index in [0.29, 0.717) is 28.2 Å². The Morgan fingerprint density at radius 3 is 2.57 bits per heavy atom. The number of halogens is 1. The number of benzene rings is 3. The topological polar surface area (TPSA) is 69.0 Å². The molecule has 0 unspecified atom stereocenters. The maximum absolute atomic E-state index is 13.1. The number of carbonyl (C=O) groups is 1. The van der Waals surface area contributed by atoms with Crippen LogP contribution < -0.4 is 10.1 Å². The number of aryl methyl sites for hydroxylation is 1. The Balaban J connectivity index is 1.46. The number of nitrogens with zero attached hydrogens (tertiary/aromatic N) is 3. The highest BCUT2D eigenvalue weighted by Crippen LogP contribution is 2.19. The number of anilines is 1. The Kier molecular flexibility index (Phi) is 4.72. The highest BCUT2D eigenvalue weighted by Gasteiger charge is 2.09. The van der Waals surface area contributed by atoms with Crippen LogP contribution in [0, 0.1) is 12.7 Å². The van der Waals surface area contributed by atoms with Crippen LogP contribution in [0.4, 0.5) is 10.1 Å². The summed E-state index contributed by atoms with van der Waals surface area (Å²) in [6.45, 7) is 1.83. The Bertz CT molecular complexity index is 1140. The van der Waals surface area contributed by atoms with Gasteiger partial charge in [0.15, 0.2) is 6.61 Å². The molecule has 6 nitrogen and oxygen atoms in total. The van der Waals surface area contributed by atoms with Gasteiger partial charge in [-0.3, -0.25) is 4.79 Å². The predicted octanol–water partition coefficient (Wildman–Crippen LogP) is 3.89. The zero-order valence-corrected chi connectivity index (χ0v) is 15.1. The van der Waals surface area contributed by atoms with Gasteiger partial charge in [0.1, 0.15) is 22.6 Å². The second-order valence-corrected chi connectivity index (χ2v) is 6.27. The number of rotatable bonds is 5. The number of amides is 1. The van der Waals surface area contributed by atoms with E-state index >= 15 is 0 Å². The van der Waals surface area contributed by atoms with Crippen LogP contribution in [0.15, 0.2) is 66.7 Å². The molecule has 1 N–H and O–H groups in total. The number of carbonyl (C=O) groups excluding carboxylic acids is 1. The number of nitrogens with one attached hydrogen (secondary N) is 1. The molecule has 0 saturated carbocycles. The summed E-state index contributed by atoms with van der Waals surface area (Å²) in [5, 5.41) is 11.5. The monoisotopic (exact) mass is 376 g/mol. The smallest absolute Gasteiger partial charge is 0.262 e. The Morgan fingerprint density at radius 1 is 1.04 bits per heavy atom. The summed E-state index contributed by atoms with van der Waals surface area (Å²) >= 11 is 0. The minimum absolute atomic E-state index is 0.0921. The molecule has 0 radical (unpaired) electrons. The third-order valence-electron chi connectivity index (χ3n) is 4.17. The molecule has 0 bridgehead atoms. The first-order chi connectivity index (χ1) is 13.6. The average Bonchev–Trinajstić information content (AvgIpc) is 3.11. The van der Waals surface area contributed by atoms with Gasteiger partial charge < -0.3 is 10.1 Å². The fraction of sp³-hybridized carbons (Fsp3) is 0.0952. The normalized spacial score (nSPS) is 10.8. The van der Waals surface area contributed by atoms with Crippen LogP contribution in [-0.4, -0.2) is 27.5 Å². The maximum Gasteiger partial charge on any atom is 0.262 e. The summed E-state index contributed by atoms with van der Waals surface area (Å²) in [5.74, 6) is 0.0854. The van der Waals surface area contributed by atoms with E-state index in [2.05, 4.69) is 15.5 Å². The third-order valence-corrected chi connectivity index (χ3v) is 4.17. The van der Waals surface area contributed by atoms with Crippen molar-refractivity contribution in [3.8, 4) is 11.4 Å². The molecular weight excluding hydrogens is 359 g/mol. The predicted molar refractivity (Wildman–Crippen MR) is 104 cm³/mol. The Labute approximate surface area is 160 Å². The quantitative estimate of drug-likeness (QED) is 0.574. The van der Waals surface area contributed by atoms with Crippen LogP contribution in [0.25, 0.3) is 16.7 Å². The van der Waals surface area contributed by atoms with Gasteiger partial charge >= 0.3 is 0 Å². The van der Waals surface area contributed by atoms with Gasteiger partial charge in [-0.1, -0.05) is 18.2 Å². The lowest BCUT2D eigenvalue weighted by atomic mass is 10.2. The molecule has 4 aromatic rings. The first-order valence-electron chi connectivity index (χ1n) is 8.70. The van der Waals surface area contributed by atoms with E-state index in [1.807, 2.05) is 31.2 Å². The molecule has 140 valence electrons. The molecule has 1 heterocycles. The summed E-state index contributed by atoms with van der Waals surface area (Å²) in [4.78, 5) is 13.6. The van der Waals surface area contributed by atoms with E-state index in [9.17, 15) is 9.18 Å². The van der Waals surface area contributed by atoms with Crippen molar-refractivity contribution in [3.63, 3.8) is 0 Å². The van der Waals surface area contributed by atoms with Gasteiger partial charge in [0.2, 0.25) is 0 Å². The van der Waals surface area contributed by atoms with Crippen LogP contribution >= 0.6 is 0 Å². The van der Waals surface area contributed by atoms with Crippen molar-refractivity contribution in [3.05, 3.63) is 78.1 Å². The lowest BCUT2D eigenvalue weighted by Crippen LogP contribution is -2.20. The van der Waals surface area contributed by atoms with E-state index in [4.69, 9.17) is 4.74 Å². The van der Waals surface area contributed by atoms with Crippen LogP contribution in [-0.2, 0) is 4.79 Å². The Morgan fingerprint density at radius 2 is 1.79 bits per heavy atom. The summed E-state index contributed by atoms with van der Waals surface area (Å²) < 4.78 is 18.6. The molecule has 7 heteroatoms. The number of ether oxygens (including phenoxy) is 1. The number of fused-ring (bicyclic) bond motifs is 1. The van der Waals surface area contributed by atoms with Gasteiger partial charge in [0, 0.05) is 5.69 Å². The van der Waals surface area contributed by atoms with Crippen molar-refractivity contribution in [2.75, 3.05) is 11.9 Å². The van der Waals surface area contributed by atoms with E-state index in [1.165, 1.54) is 16.9 Å². The van der Waals surface area contributed by atoms with Crippen LogP contribution in [0.1, 0.15) is 5.56 Å². The molecule has 1 aromatic heterocycles. The van der Waals surface area contributed by atoms with Crippen LogP contribution in [0.5, 0.6) is 5.75 Å². The fourth-order valence-corrected chi connectivity index (χ4v) is 2.74. The van der Waals surface area contributed by atoms with E-state index < -0.39 is 0 Å². The summed E-state index contributed by atoms with van der Waals surface area (Å²) in [6.07, 6.45) is 0. The van der Waals surface area contributed by atoms with Crippen molar-refractivity contribution >= 4 is 22.6 Å². The highest BCUT2D eigenvalue weighted by molar-refractivity contribution is 5.93. The molecule has 0 fully saturated rings. The van der Waals surface area contributed by atoms with Crippen molar-refractivity contribution in [2.45, 2.75) is 6.92 Å². The van der Waals surface area contributed by atoms with Crippen molar-refractivity contribution < 1.29 is 13.9 Å². The van der Waals surface area contributed by atoms with Crippen molar-refractivity contribution in [1.29, 1.82) is 0 Å². The molecule has 0 saturated heterocycles. The highest BCUT2D eigenvalue weighted by atomic mass is 19.1. The minimum Gasteiger partial charge on any atom is -0.483 e. The lowest BCUT2D eigenvalue weighted by molar-refractivity contribution is -0.118. The van der Waals surface area contributed by atoms with E-state index in [-0.39, 0.29) is 18.3 Å². The first kappa shape index (κ1) is 17.7. The van der Waals surface area contributed by atoms with Crippen molar-refractivity contribution in [2.24, 2.45) is 0 Å². The molecule has 0 aliphatic carbocycles. The molecule has 4 rings (SSSR count). The average molecular weight is 376 g/mol. The largest absolute Gasteiger partial charge is 0.483 e. The van der Waals surface area contributed by atoms with Gasteiger partial charge in [-0.25, -0.2) is 4.39 Å². The van der Waals surface area contributed by atoms with Crippen LogP contribution in [0.3, 0.4) is 0 Å². The first-order valence-corrected chi connectivity index (χ1v) is 8.70. The van der Waals surface area contributed by atoms with Crippen molar-refractivity contribution in [1.82, 2.24) is 15.0 Å². The molecule has 0 aliphatic heterocycles. The second kappa shape index (κ2) is 7.48. The third kappa shape index (κ3) is 3.83. The molecule has 0 atom stereocenters. The van der Waals surface area contributed by atoms with Crippen LogP contribution in [0.2, 0.25) is 0 Å². The molecule has 0 spiro atoms. The second-order valence-electron chi connectivity index (χ2n) is 6.27. The number of hydrogen-bond acceptors (Lipinski definition) is 4. The fourth-order valence-electron chi connectivity index (χ4n) is 2.74. The molecule has 0 aliphatic rings. The maximum atomic E-state index is 13.1. The number of aromatic nitrogens is 3. The molecule has 3 aromatic carbocycles. The number of hydrogen-bond donors (Lipinski definition) is 1. The number of para-hydroxylation sites is 1. The van der Waals surface area contributed by atoms with Gasteiger partial charge in [0.25, 0.3) is 5.91 Å². The van der Waals surface area contributed by atoms with Gasteiger partial charge in [-0.05, 0) is 61.0 Å². The van der Waals surface area contributed by atoms with Gasteiger partial charge in [-0.15, -0.1) is 10.2 Å². The molecule has 28 heavy (non-hydrogen) atoms. The zero-order valence-electron chi connectivity index (χ0n) is 15.1. The lowest BCUT2D eigenvalue weighted by Gasteiger charge is -2.09. The van der Waals surface area contributed by atoms with E-state index in [1.54, 1.807) is 30.3 Å². The molecular formula is C21H17FN4O2. The Hall–Kier alpha value is -3.74. The standard InChI is InChI=1S/C21H17FN4O2/c1-14-4-2-3-5-20(14)28-13-21(27)23-16-8-11-18-19(12-16)25-26(24-18)17-9-6-15(22)7-10-17/h2-12H,13H2,1H3,(H,23,27). The summed E-state index contributed by atoms with van der Waals surface area (Å²) in [5.41, 5.74) is 3.49. The minimum atomic E-state index is -0.321. The van der Waals surface area contributed by atoms with Gasteiger partial charge in [-0.2, -0.15) is 4.80 Å². The molecule has 1 amide bonds. The summed E-state index contributed by atoms with van der Waals surface area (Å²) in [6, 6.07) is 18.7. The van der Waals surface area contributed by atoms with E-state index in [0.717, 1.165) is 5.56 Å². The zero-order chi connectivity index (χ0) is 19.5. The SMILES string of the molecule is Cc1ccccc1OCC(=O)Nc1ccc2nn(-c3ccc(F)cc3)nc2c1.